The molecule has 0 aliphatic heterocycles. The van der Waals surface area contributed by atoms with Crippen LogP contribution in [0.1, 0.15) is 88.0 Å². The van der Waals surface area contributed by atoms with Gasteiger partial charge >= 0.3 is 5.97 Å². The molecule has 230 valence electrons. The Morgan fingerprint density at radius 1 is 0.600 bits per heavy atom. The van der Waals surface area contributed by atoms with Crippen molar-refractivity contribution in [1.82, 2.24) is 21.3 Å². The van der Waals surface area contributed by atoms with E-state index in [0.717, 1.165) is 0 Å². The molecule has 5 N–H and O–H groups in total. The largest absolute Gasteiger partial charge is 0.467 e. The summed E-state index contributed by atoms with van der Waals surface area (Å²) in [5.41, 5.74) is -0.205. The van der Waals surface area contributed by atoms with E-state index in [1.165, 1.54) is 14.0 Å². The summed E-state index contributed by atoms with van der Waals surface area (Å²) in [6, 6.07) is -3.77. The first-order chi connectivity index (χ1) is 18.5. The average Bonchev–Trinajstić information content (AvgIpc) is 2.84. The molecule has 0 radical (unpaired) electrons. The number of methoxy groups -OCH3 is 1. The topological polar surface area (TPSA) is 175 Å². The number of ether oxygens (including phenoxy) is 1. The second-order valence-corrected chi connectivity index (χ2v) is 11.9. The molecular weight excluding hydrogens is 518 g/mol. The fourth-order valence-electron chi connectivity index (χ4n) is 4.06. The highest BCUT2D eigenvalue weighted by Gasteiger charge is 2.32. The van der Waals surface area contributed by atoms with Gasteiger partial charge in [0.25, 0.3) is 5.91 Å². The Labute approximate surface area is 238 Å². The van der Waals surface area contributed by atoms with Crippen LogP contribution < -0.4 is 21.3 Å². The summed E-state index contributed by atoms with van der Waals surface area (Å²) < 4.78 is 4.84. The van der Waals surface area contributed by atoms with E-state index in [-0.39, 0.29) is 42.2 Å². The second-order valence-electron chi connectivity index (χ2n) is 11.9. The van der Waals surface area contributed by atoms with Crippen LogP contribution in [0.5, 0.6) is 0 Å². The van der Waals surface area contributed by atoms with Gasteiger partial charge in [0.05, 0.1) is 7.11 Å². The fraction of sp³-hybridized carbons (Fsp3) is 0.786. The Morgan fingerprint density at radius 3 is 1.20 bits per heavy atom. The first kappa shape index (κ1) is 36.8. The first-order valence-corrected chi connectivity index (χ1v) is 14.0. The number of oxime groups is 1. The maximum Gasteiger partial charge on any atom is 0.328 e. The molecule has 40 heavy (non-hydrogen) atoms. The molecule has 0 spiro atoms. The molecule has 0 fully saturated rings. The molecular formula is C28H51N5O7. The number of hydrogen-bond donors (Lipinski definition) is 5. The van der Waals surface area contributed by atoms with Gasteiger partial charge in [-0.1, -0.05) is 60.5 Å². The summed E-state index contributed by atoms with van der Waals surface area (Å²) in [7, 11) is 1.25. The normalized spacial score (nSPS) is 14.9. The predicted molar refractivity (Wildman–Crippen MR) is 152 cm³/mol. The van der Waals surface area contributed by atoms with Gasteiger partial charge in [-0.15, -0.1) is 0 Å². The smallest absolute Gasteiger partial charge is 0.328 e. The molecule has 0 aromatic carbocycles. The SMILES string of the molecule is COC(=O)[C@H](CC(C)C)NC(=O)[C@H](CC(C)C)NC(=O)[C@H](CC(C)C)NC(=O)[C@H](CC(C)C)NC(=O)/C(C)=N/O. The van der Waals surface area contributed by atoms with Crippen molar-refractivity contribution in [3.05, 3.63) is 0 Å². The van der Waals surface area contributed by atoms with Crippen LogP contribution in [0.3, 0.4) is 0 Å². The lowest BCUT2D eigenvalue weighted by Crippen LogP contribution is -2.58. The first-order valence-electron chi connectivity index (χ1n) is 14.0. The van der Waals surface area contributed by atoms with Crippen LogP contribution in [0.2, 0.25) is 0 Å². The number of amides is 4. The molecule has 0 aliphatic rings. The lowest BCUT2D eigenvalue weighted by Gasteiger charge is -2.28. The Bertz CT molecular complexity index is 886. The summed E-state index contributed by atoms with van der Waals surface area (Å²) in [6.45, 7) is 16.5. The summed E-state index contributed by atoms with van der Waals surface area (Å²) in [4.78, 5) is 64.5. The van der Waals surface area contributed by atoms with Crippen molar-refractivity contribution in [1.29, 1.82) is 0 Å². The predicted octanol–water partition coefficient (Wildman–Crippen LogP) is 2.13. The monoisotopic (exact) mass is 569 g/mol. The van der Waals surface area contributed by atoms with E-state index < -0.39 is 53.8 Å². The third kappa shape index (κ3) is 14.3. The highest BCUT2D eigenvalue weighted by atomic mass is 16.5. The number of carbonyl (C=O) groups excluding carboxylic acids is 5. The lowest BCUT2D eigenvalue weighted by molar-refractivity contribution is -0.146. The summed E-state index contributed by atoms with van der Waals surface area (Å²) >= 11 is 0. The lowest BCUT2D eigenvalue weighted by atomic mass is 9.98. The van der Waals surface area contributed by atoms with Crippen LogP contribution in [0.4, 0.5) is 0 Å². The molecule has 0 heterocycles. The molecule has 0 rings (SSSR count). The van der Waals surface area contributed by atoms with Crippen molar-refractivity contribution in [2.24, 2.45) is 28.8 Å². The number of carbonyl (C=O) groups is 5. The number of nitrogens with one attached hydrogen (secondary N) is 4. The Kier molecular flexibility index (Phi) is 16.8. The van der Waals surface area contributed by atoms with Gasteiger partial charge in [0.15, 0.2) is 0 Å². The molecule has 0 saturated carbocycles. The highest BCUT2D eigenvalue weighted by Crippen LogP contribution is 2.12. The fourth-order valence-corrected chi connectivity index (χ4v) is 4.06. The molecule has 0 aliphatic carbocycles. The zero-order valence-corrected chi connectivity index (χ0v) is 25.8. The maximum atomic E-state index is 13.4. The van der Waals surface area contributed by atoms with E-state index in [1.807, 2.05) is 55.4 Å². The van der Waals surface area contributed by atoms with Gasteiger partial charge in [0.1, 0.15) is 29.9 Å². The second kappa shape index (κ2) is 18.2. The minimum Gasteiger partial charge on any atom is -0.467 e. The van der Waals surface area contributed by atoms with E-state index in [2.05, 4.69) is 26.4 Å². The van der Waals surface area contributed by atoms with E-state index in [0.29, 0.717) is 12.8 Å². The number of rotatable bonds is 17. The average molecular weight is 570 g/mol. The van der Waals surface area contributed by atoms with E-state index in [9.17, 15) is 24.0 Å². The number of hydrogen-bond acceptors (Lipinski definition) is 8. The van der Waals surface area contributed by atoms with Crippen molar-refractivity contribution >= 4 is 35.3 Å². The summed E-state index contributed by atoms with van der Waals surface area (Å²) in [6.07, 6.45) is 1.25. The minimum absolute atomic E-state index is 0.0186. The number of esters is 1. The molecule has 0 aromatic rings. The Morgan fingerprint density at radius 2 is 0.900 bits per heavy atom. The van der Waals surface area contributed by atoms with Gasteiger partial charge < -0.3 is 31.2 Å². The molecule has 0 saturated heterocycles. The quantitative estimate of drug-likeness (QED) is 0.0771. The standard InChI is InChI=1S/C28H51N5O7/c1-15(2)11-20(29-24(34)19(9)33-39)25(35)30-21(12-16(3)4)26(36)31-22(13-17(5)6)27(37)32-23(14-18(7)8)28(38)40-10/h15-18,20-23,39H,11-14H2,1-10H3,(H,29,34)(H,30,35)(H,31,36)(H,32,37)/b33-19+/t20-,21-,22-,23-/m0/s1. The van der Waals surface area contributed by atoms with Gasteiger partial charge in [-0.2, -0.15) is 0 Å². The van der Waals surface area contributed by atoms with Gasteiger partial charge in [-0.25, -0.2) is 4.79 Å². The number of nitrogens with zero attached hydrogens (tertiary/aromatic N) is 1. The van der Waals surface area contributed by atoms with Crippen LogP contribution in [0.15, 0.2) is 5.16 Å². The molecule has 4 atom stereocenters. The van der Waals surface area contributed by atoms with E-state index in [4.69, 9.17) is 9.94 Å². The van der Waals surface area contributed by atoms with Crippen molar-refractivity contribution in [3.8, 4) is 0 Å². The van der Waals surface area contributed by atoms with Gasteiger partial charge in [-0.05, 0) is 56.3 Å². The molecule has 12 nitrogen and oxygen atoms in total. The van der Waals surface area contributed by atoms with Crippen LogP contribution in [0, 0.1) is 23.7 Å². The van der Waals surface area contributed by atoms with Crippen LogP contribution in [-0.4, -0.2) is 71.8 Å². The highest BCUT2D eigenvalue weighted by molar-refractivity contribution is 6.38. The molecule has 0 unspecified atom stereocenters. The van der Waals surface area contributed by atoms with Gasteiger partial charge in [0, 0.05) is 0 Å². The van der Waals surface area contributed by atoms with Crippen LogP contribution in [-0.2, 0) is 28.7 Å². The zero-order valence-electron chi connectivity index (χ0n) is 25.8. The zero-order chi connectivity index (χ0) is 31.2. The van der Waals surface area contributed by atoms with Crippen molar-refractivity contribution < 1.29 is 33.9 Å². The van der Waals surface area contributed by atoms with Gasteiger partial charge in [-0.3, -0.25) is 19.2 Å². The van der Waals surface area contributed by atoms with Crippen LogP contribution in [0.25, 0.3) is 0 Å². The van der Waals surface area contributed by atoms with Gasteiger partial charge in [0.2, 0.25) is 17.7 Å². The van der Waals surface area contributed by atoms with Crippen molar-refractivity contribution in [2.75, 3.05) is 7.11 Å². The molecule has 0 bridgehead atoms. The Balaban J connectivity index is 5.91. The van der Waals surface area contributed by atoms with E-state index in [1.54, 1.807) is 0 Å². The maximum absolute atomic E-state index is 13.4. The molecule has 0 aromatic heterocycles. The molecule has 4 amide bonds. The Hall–Kier alpha value is -3.18. The van der Waals surface area contributed by atoms with Crippen molar-refractivity contribution in [3.63, 3.8) is 0 Å². The summed E-state index contributed by atoms with van der Waals surface area (Å²) in [5.74, 6) is -2.71. The van der Waals surface area contributed by atoms with Crippen molar-refractivity contribution in [2.45, 2.75) is 112 Å². The van der Waals surface area contributed by atoms with E-state index >= 15 is 0 Å². The van der Waals surface area contributed by atoms with Crippen LogP contribution >= 0.6 is 0 Å². The third-order valence-corrected chi connectivity index (χ3v) is 6.00. The minimum atomic E-state index is -0.985. The third-order valence-electron chi connectivity index (χ3n) is 6.00. The summed E-state index contributed by atoms with van der Waals surface area (Å²) in [5, 5.41) is 22.5. The molecule has 12 heteroatoms.